The van der Waals surface area contributed by atoms with Gasteiger partial charge in [0.2, 0.25) is 0 Å². The summed E-state index contributed by atoms with van der Waals surface area (Å²) in [4.78, 5) is 1.11. The van der Waals surface area contributed by atoms with Crippen LogP contribution in [0.5, 0.6) is 0 Å². The molecule has 1 heterocycles. The van der Waals surface area contributed by atoms with Crippen LogP contribution >= 0.6 is 11.3 Å². The summed E-state index contributed by atoms with van der Waals surface area (Å²) in [5.41, 5.74) is 7.12. The molecule has 2 aromatic rings. The van der Waals surface area contributed by atoms with Crippen LogP contribution in [-0.4, -0.2) is 8.42 Å². The quantitative estimate of drug-likeness (QED) is 0.891. The number of rotatable bonds is 5. The van der Waals surface area contributed by atoms with Crippen molar-refractivity contribution in [3.8, 4) is 0 Å². The molecule has 4 nitrogen and oxygen atoms in total. The normalized spacial score (nSPS) is 11.8. The molecule has 0 fully saturated rings. The Bertz CT molecular complexity index is 691. The Morgan fingerprint density at radius 1 is 1.30 bits per heavy atom. The molecular formula is C14H18N2O2S2. The van der Waals surface area contributed by atoms with Crippen molar-refractivity contribution in [2.45, 2.75) is 31.2 Å². The molecule has 0 radical (unpaired) electrons. The molecule has 20 heavy (non-hydrogen) atoms. The first-order valence-electron chi connectivity index (χ1n) is 6.33. The van der Waals surface area contributed by atoms with E-state index in [1.54, 1.807) is 17.5 Å². The Hall–Kier alpha value is -1.37. The SMILES string of the molecule is CC(C)c1ccccc1NS(=O)(=O)c1csc(CN)c1. The van der Waals surface area contributed by atoms with Crippen LogP contribution in [0.1, 0.15) is 30.2 Å². The van der Waals surface area contributed by atoms with Gasteiger partial charge in [-0.2, -0.15) is 0 Å². The molecule has 0 amide bonds. The van der Waals surface area contributed by atoms with E-state index in [0.717, 1.165) is 10.4 Å². The molecule has 0 aliphatic carbocycles. The van der Waals surface area contributed by atoms with E-state index in [-0.39, 0.29) is 10.8 Å². The second kappa shape index (κ2) is 5.95. The van der Waals surface area contributed by atoms with Crippen molar-refractivity contribution >= 4 is 27.0 Å². The number of para-hydroxylation sites is 1. The summed E-state index contributed by atoms with van der Waals surface area (Å²) in [7, 11) is -3.55. The Morgan fingerprint density at radius 2 is 2.00 bits per heavy atom. The smallest absolute Gasteiger partial charge is 0.262 e. The highest BCUT2D eigenvalue weighted by Gasteiger charge is 2.18. The van der Waals surface area contributed by atoms with Gasteiger partial charge in [-0.3, -0.25) is 4.72 Å². The highest BCUT2D eigenvalue weighted by molar-refractivity contribution is 7.92. The molecule has 0 aliphatic heterocycles. The van der Waals surface area contributed by atoms with Crippen molar-refractivity contribution in [1.82, 2.24) is 0 Å². The maximum absolute atomic E-state index is 12.4. The van der Waals surface area contributed by atoms with Crippen molar-refractivity contribution in [1.29, 1.82) is 0 Å². The van der Waals surface area contributed by atoms with Crippen molar-refractivity contribution in [2.75, 3.05) is 4.72 Å². The third-order valence-electron chi connectivity index (χ3n) is 2.97. The Kier molecular flexibility index (Phi) is 4.47. The van der Waals surface area contributed by atoms with Crippen LogP contribution in [0.3, 0.4) is 0 Å². The molecule has 0 saturated heterocycles. The Balaban J connectivity index is 2.33. The lowest BCUT2D eigenvalue weighted by molar-refractivity contribution is 0.601. The number of thiophene rings is 1. The lowest BCUT2D eigenvalue weighted by atomic mass is 10.0. The molecule has 0 spiro atoms. The number of nitrogens with two attached hydrogens (primary N) is 1. The molecule has 0 unspecified atom stereocenters. The molecule has 0 atom stereocenters. The minimum absolute atomic E-state index is 0.246. The van der Waals surface area contributed by atoms with E-state index in [9.17, 15) is 8.42 Å². The minimum Gasteiger partial charge on any atom is -0.326 e. The van der Waals surface area contributed by atoms with Crippen LogP contribution < -0.4 is 10.5 Å². The largest absolute Gasteiger partial charge is 0.326 e. The van der Waals surface area contributed by atoms with E-state index in [4.69, 9.17) is 5.73 Å². The second-order valence-corrected chi connectivity index (χ2v) is 7.48. The average molecular weight is 310 g/mol. The van der Waals surface area contributed by atoms with Crippen molar-refractivity contribution < 1.29 is 8.42 Å². The van der Waals surface area contributed by atoms with E-state index in [2.05, 4.69) is 4.72 Å². The third-order valence-corrected chi connectivity index (χ3v) is 5.42. The maximum atomic E-state index is 12.4. The van der Waals surface area contributed by atoms with E-state index in [1.165, 1.54) is 11.3 Å². The molecule has 6 heteroatoms. The summed E-state index contributed by atoms with van der Waals surface area (Å²) >= 11 is 1.35. The lowest BCUT2D eigenvalue weighted by Crippen LogP contribution is -2.13. The first-order valence-corrected chi connectivity index (χ1v) is 8.69. The zero-order valence-electron chi connectivity index (χ0n) is 11.5. The van der Waals surface area contributed by atoms with Gasteiger partial charge in [-0.05, 0) is 23.6 Å². The van der Waals surface area contributed by atoms with Crippen molar-refractivity contribution in [2.24, 2.45) is 5.73 Å². The summed E-state index contributed by atoms with van der Waals surface area (Å²) in [6.07, 6.45) is 0. The number of hydrogen-bond acceptors (Lipinski definition) is 4. The van der Waals surface area contributed by atoms with Gasteiger partial charge in [0.15, 0.2) is 0 Å². The van der Waals surface area contributed by atoms with Gasteiger partial charge in [-0.25, -0.2) is 8.42 Å². The third kappa shape index (κ3) is 3.20. The topological polar surface area (TPSA) is 72.2 Å². The van der Waals surface area contributed by atoms with Gasteiger partial charge in [-0.15, -0.1) is 11.3 Å². The monoisotopic (exact) mass is 310 g/mol. The minimum atomic E-state index is -3.55. The number of anilines is 1. The summed E-state index contributed by atoms with van der Waals surface area (Å²) in [5, 5.41) is 1.61. The van der Waals surface area contributed by atoms with E-state index < -0.39 is 10.0 Å². The average Bonchev–Trinajstić information content (AvgIpc) is 2.88. The fourth-order valence-electron chi connectivity index (χ4n) is 1.91. The molecule has 0 bridgehead atoms. The van der Waals surface area contributed by atoms with Gasteiger partial charge in [-0.1, -0.05) is 32.0 Å². The molecule has 0 aliphatic rings. The maximum Gasteiger partial charge on any atom is 0.262 e. The number of sulfonamides is 1. The standard InChI is InChI=1S/C14H18N2O2S2/c1-10(2)13-5-3-4-6-14(13)16-20(17,18)12-7-11(8-15)19-9-12/h3-7,9-10,16H,8,15H2,1-2H3. The van der Waals surface area contributed by atoms with Crippen LogP contribution in [0.2, 0.25) is 0 Å². The Morgan fingerprint density at radius 3 is 2.60 bits per heavy atom. The highest BCUT2D eigenvalue weighted by atomic mass is 32.2. The van der Waals surface area contributed by atoms with Crippen LogP contribution in [0.25, 0.3) is 0 Å². The number of benzene rings is 1. The summed E-state index contributed by atoms with van der Waals surface area (Å²) in [6, 6.07) is 9.06. The second-order valence-electron chi connectivity index (χ2n) is 4.80. The molecule has 1 aromatic heterocycles. The van der Waals surface area contributed by atoms with Gasteiger partial charge in [0.05, 0.1) is 10.6 Å². The van der Waals surface area contributed by atoms with Crippen LogP contribution in [0.4, 0.5) is 5.69 Å². The Labute approximate surface area is 123 Å². The first-order chi connectivity index (χ1) is 9.44. The molecule has 1 aromatic carbocycles. The van der Waals surface area contributed by atoms with Gasteiger partial charge < -0.3 is 5.73 Å². The van der Waals surface area contributed by atoms with Crippen LogP contribution in [0.15, 0.2) is 40.6 Å². The fourth-order valence-corrected chi connectivity index (χ4v) is 4.15. The molecule has 3 N–H and O–H groups in total. The molecule has 2 rings (SSSR count). The van der Waals surface area contributed by atoms with Crippen molar-refractivity contribution in [3.05, 3.63) is 46.2 Å². The summed E-state index contributed by atoms with van der Waals surface area (Å²) < 4.78 is 27.4. The van der Waals surface area contributed by atoms with Crippen LogP contribution in [-0.2, 0) is 16.6 Å². The van der Waals surface area contributed by atoms with E-state index in [1.807, 2.05) is 32.0 Å². The predicted octanol–water partition coefficient (Wildman–Crippen LogP) is 3.13. The predicted molar refractivity (Wildman–Crippen MR) is 83.5 cm³/mol. The molecule has 0 saturated carbocycles. The van der Waals surface area contributed by atoms with Gasteiger partial charge in [0.25, 0.3) is 10.0 Å². The zero-order chi connectivity index (χ0) is 14.8. The molecule has 108 valence electrons. The zero-order valence-corrected chi connectivity index (χ0v) is 13.1. The highest BCUT2D eigenvalue weighted by Crippen LogP contribution is 2.27. The van der Waals surface area contributed by atoms with E-state index in [0.29, 0.717) is 12.2 Å². The number of hydrogen-bond donors (Lipinski definition) is 2. The van der Waals surface area contributed by atoms with Crippen LogP contribution in [0, 0.1) is 0 Å². The van der Waals surface area contributed by atoms with Gasteiger partial charge in [0, 0.05) is 16.8 Å². The first kappa shape index (κ1) is 15.0. The van der Waals surface area contributed by atoms with Crippen molar-refractivity contribution in [3.63, 3.8) is 0 Å². The lowest BCUT2D eigenvalue weighted by Gasteiger charge is -2.14. The number of nitrogens with one attached hydrogen (secondary N) is 1. The van der Waals surface area contributed by atoms with Gasteiger partial charge >= 0.3 is 0 Å². The van der Waals surface area contributed by atoms with E-state index >= 15 is 0 Å². The molecular weight excluding hydrogens is 292 g/mol. The fraction of sp³-hybridized carbons (Fsp3) is 0.286. The summed E-state index contributed by atoms with van der Waals surface area (Å²) in [6.45, 7) is 4.41. The van der Waals surface area contributed by atoms with Gasteiger partial charge in [0.1, 0.15) is 0 Å². The summed E-state index contributed by atoms with van der Waals surface area (Å²) in [5.74, 6) is 0.246.